The molecule has 0 amide bonds. The Bertz CT molecular complexity index is 389. The van der Waals surface area contributed by atoms with Gasteiger partial charge < -0.3 is 15.6 Å². The molecule has 0 spiro atoms. The predicted octanol–water partition coefficient (Wildman–Crippen LogP) is -0.591. The van der Waals surface area contributed by atoms with Gasteiger partial charge in [-0.3, -0.25) is 10.1 Å². The van der Waals surface area contributed by atoms with Gasteiger partial charge in [-0.25, -0.2) is 0 Å². The summed E-state index contributed by atoms with van der Waals surface area (Å²) >= 11 is 0. The SMILES string of the molecule is Nc1ccc(C[N+](=O)[O-])cc1C(=O)[O-]. The molecule has 0 radical (unpaired) electrons. The number of nitrogens with two attached hydrogens (primary N) is 1. The van der Waals surface area contributed by atoms with Gasteiger partial charge in [0.1, 0.15) is 0 Å². The molecule has 2 N–H and O–H groups in total. The Morgan fingerprint density at radius 2 is 2.14 bits per heavy atom. The number of anilines is 1. The van der Waals surface area contributed by atoms with Crippen LogP contribution in [0.2, 0.25) is 0 Å². The molecule has 0 bridgehead atoms. The molecule has 0 aliphatic carbocycles. The van der Waals surface area contributed by atoms with Crippen LogP contribution in [-0.2, 0) is 6.54 Å². The normalized spacial score (nSPS) is 9.71. The molecule has 1 rings (SSSR count). The van der Waals surface area contributed by atoms with Gasteiger partial charge in [0, 0.05) is 21.7 Å². The lowest BCUT2D eigenvalue weighted by atomic mass is 10.1. The van der Waals surface area contributed by atoms with Crippen LogP contribution in [0.5, 0.6) is 0 Å². The van der Waals surface area contributed by atoms with Crippen molar-refractivity contribution in [3.8, 4) is 0 Å². The molecule has 0 atom stereocenters. The lowest BCUT2D eigenvalue weighted by Gasteiger charge is -2.07. The number of aromatic carboxylic acids is 1. The van der Waals surface area contributed by atoms with Gasteiger partial charge in [0.05, 0.1) is 5.97 Å². The molecule has 1 aromatic carbocycles. The van der Waals surface area contributed by atoms with Crippen molar-refractivity contribution in [2.75, 3.05) is 5.73 Å². The van der Waals surface area contributed by atoms with Crippen molar-refractivity contribution in [1.82, 2.24) is 0 Å². The second-order valence-corrected chi connectivity index (χ2v) is 2.70. The minimum absolute atomic E-state index is 0.0390. The van der Waals surface area contributed by atoms with E-state index in [0.717, 1.165) is 6.07 Å². The highest BCUT2D eigenvalue weighted by atomic mass is 16.6. The van der Waals surface area contributed by atoms with E-state index in [1.165, 1.54) is 12.1 Å². The number of nitro groups is 1. The van der Waals surface area contributed by atoms with Gasteiger partial charge in [0.15, 0.2) is 0 Å². The van der Waals surface area contributed by atoms with Crippen molar-refractivity contribution < 1.29 is 14.8 Å². The molecule has 0 saturated heterocycles. The van der Waals surface area contributed by atoms with E-state index in [-0.39, 0.29) is 16.8 Å². The summed E-state index contributed by atoms with van der Waals surface area (Å²) in [6, 6.07) is 3.86. The van der Waals surface area contributed by atoms with Crippen LogP contribution in [0.1, 0.15) is 15.9 Å². The summed E-state index contributed by atoms with van der Waals surface area (Å²) in [5, 5.41) is 20.6. The van der Waals surface area contributed by atoms with E-state index in [4.69, 9.17) is 5.73 Å². The second-order valence-electron chi connectivity index (χ2n) is 2.70. The molecule has 0 saturated carbocycles. The quantitative estimate of drug-likeness (QED) is 0.393. The summed E-state index contributed by atoms with van der Waals surface area (Å²) in [6.45, 7) is -0.430. The number of benzene rings is 1. The van der Waals surface area contributed by atoms with E-state index in [2.05, 4.69) is 0 Å². The Kier molecular flexibility index (Phi) is 2.66. The number of hydrogen-bond donors (Lipinski definition) is 1. The summed E-state index contributed by atoms with van der Waals surface area (Å²) in [6.07, 6.45) is 0. The number of hydrogen-bond acceptors (Lipinski definition) is 5. The fourth-order valence-electron chi connectivity index (χ4n) is 1.03. The maximum Gasteiger partial charge on any atom is 0.228 e. The van der Waals surface area contributed by atoms with Crippen LogP contribution >= 0.6 is 0 Å². The van der Waals surface area contributed by atoms with Crippen LogP contribution in [0.4, 0.5) is 5.69 Å². The van der Waals surface area contributed by atoms with E-state index in [1.54, 1.807) is 0 Å². The second kappa shape index (κ2) is 3.73. The van der Waals surface area contributed by atoms with Crippen molar-refractivity contribution in [3.05, 3.63) is 39.4 Å². The van der Waals surface area contributed by atoms with Crippen LogP contribution in [0, 0.1) is 10.1 Å². The Balaban J connectivity index is 3.06. The summed E-state index contributed by atoms with van der Waals surface area (Å²) < 4.78 is 0. The van der Waals surface area contributed by atoms with Crippen molar-refractivity contribution in [3.63, 3.8) is 0 Å². The number of carboxylic acid groups (broad SMARTS) is 1. The Labute approximate surface area is 79.1 Å². The third-order valence-corrected chi connectivity index (χ3v) is 1.65. The third kappa shape index (κ3) is 2.19. The van der Waals surface area contributed by atoms with Crippen molar-refractivity contribution in [2.45, 2.75) is 6.54 Å². The van der Waals surface area contributed by atoms with E-state index in [0.29, 0.717) is 0 Å². The zero-order valence-electron chi connectivity index (χ0n) is 7.10. The summed E-state index contributed by atoms with van der Waals surface area (Å²) in [7, 11) is 0. The minimum Gasteiger partial charge on any atom is -0.545 e. The number of rotatable bonds is 3. The van der Waals surface area contributed by atoms with Gasteiger partial charge in [0.2, 0.25) is 6.54 Å². The first-order chi connectivity index (χ1) is 6.50. The van der Waals surface area contributed by atoms with Gasteiger partial charge >= 0.3 is 0 Å². The minimum atomic E-state index is -1.44. The fourth-order valence-corrected chi connectivity index (χ4v) is 1.03. The maximum atomic E-state index is 10.5. The van der Waals surface area contributed by atoms with Crippen molar-refractivity contribution >= 4 is 11.7 Å². The number of carbonyl (C=O) groups excluding carboxylic acids is 1. The Morgan fingerprint density at radius 3 is 2.64 bits per heavy atom. The first kappa shape index (κ1) is 9.97. The highest BCUT2D eigenvalue weighted by Gasteiger charge is 2.05. The third-order valence-electron chi connectivity index (χ3n) is 1.65. The Hall–Kier alpha value is -2.11. The topological polar surface area (TPSA) is 109 Å². The molecule has 0 unspecified atom stereocenters. The summed E-state index contributed by atoms with van der Waals surface area (Å²) in [4.78, 5) is 20.1. The van der Waals surface area contributed by atoms with Crippen LogP contribution < -0.4 is 10.8 Å². The lowest BCUT2D eigenvalue weighted by Crippen LogP contribution is -2.23. The molecule has 0 aliphatic rings. The zero-order valence-corrected chi connectivity index (χ0v) is 7.10. The van der Waals surface area contributed by atoms with E-state index in [9.17, 15) is 20.0 Å². The van der Waals surface area contributed by atoms with Gasteiger partial charge in [-0.05, 0) is 12.1 Å². The summed E-state index contributed by atoms with van der Waals surface area (Å²) in [5.41, 5.74) is 5.43. The van der Waals surface area contributed by atoms with E-state index in [1.807, 2.05) is 0 Å². The van der Waals surface area contributed by atoms with Crippen LogP contribution in [0.25, 0.3) is 0 Å². The van der Waals surface area contributed by atoms with Gasteiger partial charge in [-0.1, -0.05) is 6.07 Å². The van der Waals surface area contributed by atoms with E-state index >= 15 is 0 Å². The van der Waals surface area contributed by atoms with Gasteiger partial charge in [-0.15, -0.1) is 0 Å². The number of carbonyl (C=O) groups is 1. The van der Waals surface area contributed by atoms with Gasteiger partial charge in [-0.2, -0.15) is 0 Å². The molecule has 0 fully saturated rings. The average Bonchev–Trinajstić information content (AvgIpc) is 2.07. The predicted molar refractivity (Wildman–Crippen MR) is 45.9 cm³/mol. The number of nitrogen functional groups attached to an aromatic ring is 1. The molecule has 6 nitrogen and oxygen atoms in total. The van der Waals surface area contributed by atoms with Crippen LogP contribution in [0.3, 0.4) is 0 Å². The highest BCUT2D eigenvalue weighted by Crippen LogP contribution is 2.13. The molecule has 0 aromatic heterocycles. The van der Waals surface area contributed by atoms with E-state index < -0.39 is 17.4 Å². The standard InChI is InChI=1S/C8H8N2O4/c9-7-2-1-5(4-10(13)14)3-6(7)8(11)12/h1-3H,4,9H2,(H,11,12)/p-1. The highest BCUT2D eigenvalue weighted by molar-refractivity contribution is 5.92. The number of carboxylic acids is 1. The lowest BCUT2D eigenvalue weighted by molar-refractivity contribution is -0.496. The van der Waals surface area contributed by atoms with Crippen molar-refractivity contribution in [2.24, 2.45) is 0 Å². The smallest absolute Gasteiger partial charge is 0.228 e. The number of nitrogens with zero attached hydrogens (tertiary/aromatic N) is 1. The first-order valence-corrected chi connectivity index (χ1v) is 3.72. The van der Waals surface area contributed by atoms with Crippen LogP contribution in [-0.4, -0.2) is 10.9 Å². The molecule has 14 heavy (non-hydrogen) atoms. The molecule has 1 aromatic rings. The first-order valence-electron chi connectivity index (χ1n) is 3.72. The monoisotopic (exact) mass is 195 g/mol. The molecular weight excluding hydrogens is 188 g/mol. The molecular formula is C8H7N2O4-. The van der Waals surface area contributed by atoms with Crippen LogP contribution in [0.15, 0.2) is 18.2 Å². The maximum absolute atomic E-state index is 10.5. The molecule has 74 valence electrons. The van der Waals surface area contributed by atoms with Gasteiger partial charge in [0.25, 0.3) is 0 Å². The molecule has 6 heteroatoms. The zero-order chi connectivity index (χ0) is 10.7. The largest absolute Gasteiger partial charge is 0.545 e. The fraction of sp³-hybridized carbons (Fsp3) is 0.125. The summed E-state index contributed by atoms with van der Waals surface area (Å²) in [5.74, 6) is -1.44. The molecule has 0 heterocycles. The van der Waals surface area contributed by atoms with Crippen molar-refractivity contribution in [1.29, 1.82) is 0 Å². The Morgan fingerprint density at radius 1 is 1.50 bits per heavy atom. The average molecular weight is 195 g/mol. The molecule has 0 aliphatic heterocycles.